The summed E-state index contributed by atoms with van der Waals surface area (Å²) in [5.74, 6) is -0.243. The molecule has 4 heteroatoms. The van der Waals surface area contributed by atoms with E-state index in [4.69, 9.17) is 0 Å². The van der Waals surface area contributed by atoms with Crippen LogP contribution in [0.2, 0.25) is 0 Å². The van der Waals surface area contributed by atoms with Gasteiger partial charge in [0.1, 0.15) is 0 Å². The Morgan fingerprint density at radius 2 is 1.60 bits per heavy atom. The van der Waals surface area contributed by atoms with Crippen molar-refractivity contribution in [3.8, 4) is 0 Å². The standard InChI is InChI=1S/C16H18N2O2/c1-17(2)15(19)11-18(3)16(20)14-9-8-12-6-4-5-7-13(12)10-14/h4-10H,11H2,1-3H3. The quantitative estimate of drug-likeness (QED) is 0.856. The molecule has 104 valence electrons. The minimum absolute atomic E-state index is 0.0820. The highest BCUT2D eigenvalue weighted by Gasteiger charge is 2.16. The van der Waals surface area contributed by atoms with Crippen molar-refractivity contribution in [3.05, 3.63) is 48.0 Å². The van der Waals surface area contributed by atoms with Gasteiger partial charge < -0.3 is 9.80 Å². The number of nitrogens with zero attached hydrogens (tertiary/aromatic N) is 2. The fourth-order valence-corrected chi connectivity index (χ4v) is 1.96. The summed E-state index contributed by atoms with van der Waals surface area (Å²) in [5.41, 5.74) is 0.595. The summed E-state index contributed by atoms with van der Waals surface area (Å²) in [6.07, 6.45) is 0. The minimum atomic E-state index is -0.147. The molecule has 0 aliphatic rings. The average Bonchev–Trinajstić information content (AvgIpc) is 2.45. The van der Waals surface area contributed by atoms with Crippen LogP contribution in [0.3, 0.4) is 0 Å². The van der Waals surface area contributed by atoms with E-state index in [-0.39, 0.29) is 18.4 Å². The van der Waals surface area contributed by atoms with Crippen LogP contribution in [0.5, 0.6) is 0 Å². The van der Waals surface area contributed by atoms with Crippen molar-refractivity contribution in [1.82, 2.24) is 9.80 Å². The van der Waals surface area contributed by atoms with E-state index >= 15 is 0 Å². The molecule has 0 N–H and O–H groups in total. The number of benzene rings is 2. The number of amides is 2. The lowest BCUT2D eigenvalue weighted by atomic mass is 10.1. The van der Waals surface area contributed by atoms with E-state index in [2.05, 4.69) is 0 Å². The van der Waals surface area contributed by atoms with Gasteiger partial charge in [0.25, 0.3) is 5.91 Å². The maximum atomic E-state index is 12.3. The van der Waals surface area contributed by atoms with Crippen LogP contribution in [0.15, 0.2) is 42.5 Å². The fourth-order valence-electron chi connectivity index (χ4n) is 1.96. The normalized spacial score (nSPS) is 10.3. The summed E-state index contributed by atoms with van der Waals surface area (Å²) in [6.45, 7) is 0.0820. The number of hydrogen-bond donors (Lipinski definition) is 0. The molecule has 20 heavy (non-hydrogen) atoms. The zero-order chi connectivity index (χ0) is 14.7. The highest BCUT2D eigenvalue weighted by Crippen LogP contribution is 2.16. The molecule has 2 aromatic rings. The molecular formula is C16H18N2O2. The maximum absolute atomic E-state index is 12.3. The monoisotopic (exact) mass is 270 g/mol. The van der Waals surface area contributed by atoms with E-state index in [0.29, 0.717) is 5.56 Å². The first-order chi connectivity index (χ1) is 9.49. The topological polar surface area (TPSA) is 40.6 Å². The molecule has 4 nitrogen and oxygen atoms in total. The van der Waals surface area contributed by atoms with E-state index in [0.717, 1.165) is 10.8 Å². The van der Waals surface area contributed by atoms with Gasteiger partial charge in [0, 0.05) is 26.7 Å². The molecule has 0 fully saturated rings. The molecule has 0 aromatic heterocycles. The van der Waals surface area contributed by atoms with Gasteiger partial charge in [0.15, 0.2) is 0 Å². The van der Waals surface area contributed by atoms with Crippen molar-refractivity contribution in [3.63, 3.8) is 0 Å². The number of carbonyl (C=O) groups excluding carboxylic acids is 2. The van der Waals surface area contributed by atoms with E-state index in [1.165, 1.54) is 9.80 Å². The van der Waals surface area contributed by atoms with Gasteiger partial charge >= 0.3 is 0 Å². The summed E-state index contributed by atoms with van der Waals surface area (Å²) in [5, 5.41) is 2.11. The molecule has 2 amide bonds. The molecule has 2 aromatic carbocycles. The second-order valence-corrected chi connectivity index (χ2v) is 5.01. The minimum Gasteiger partial charge on any atom is -0.347 e. The lowest BCUT2D eigenvalue weighted by Crippen LogP contribution is -2.37. The van der Waals surface area contributed by atoms with Crippen molar-refractivity contribution < 1.29 is 9.59 Å². The van der Waals surface area contributed by atoms with Crippen LogP contribution < -0.4 is 0 Å². The SMILES string of the molecule is CN(C)C(=O)CN(C)C(=O)c1ccc2ccccc2c1. The maximum Gasteiger partial charge on any atom is 0.254 e. The van der Waals surface area contributed by atoms with Gasteiger partial charge in [-0.3, -0.25) is 9.59 Å². The van der Waals surface area contributed by atoms with Crippen LogP contribution in [0.4, 0.5) is 0 Å². The lowest BCUT2D eigenvalue weighted by molar-refractivity contribution is -0.129. The van der Waals surface area contributed by atoms with Gasteiger partial charge in [-0.1, -0.05) is 30.3 Å². The Morgan fingerprint density at radius 1 is 0.950 bits per heavy atom. The summed E-state index contributed by atoms with van der Waals surface area (Å²) in [7, 11) is 4.99. The number of hydrogen-bond acceptors (Lipinski definition) is 2. The number of carbonyl (C=O) groups is 2. The molecule has 0 spiro atoms. The Hall–Kier alpha value is -2.36. The van der Waals surface area contributed by atoms with Crippen molar-refractivity contribution in [2.24, 2.45) is 0 Å². The average molecular weight is 270 g/mol. The van der Waals surface area contributed by atoms with Gasteiger partial charge in [0.05, 0.1) is 6.54 Å². The van der Waals surface area contributed by atoms with Gasteiger partial charge in [-0.05, 0) is 22.9 Å². The molecule has 0 radical (unpaired) electrons. The Kier molecular flexibility index (Phi) is 4.03. The lowest BCUT2D eigenvalue weighted by Gasteiger charge is -2.19. The van der Waals surface area contributed by atoms with E-state index in [1.807, 2.05) is 36.4 Å². The van der Waals surface area contributed by atoms with E-state index in [1.54, 1.807) is 27.2 Å². The Labute approximate surface area is 118 Å². The molecule has 0 bridgehead atoms. The molecule has 0 heterocycles. The van der Waals surface area contributed by atoms with Crippen LogP contribution in [0.1, 0.15) is 10.4 Å². The van der Waals surface area contributed by atoms with Crippen molar-refractivity contribution in [2.75, 3.05) is 27.7 Å². The highest BCUT2D eigenvalue weighted by atomic mass is 16.2. The Bertz CT molecular complexity index is 650. The second kappa shape index (κ2) is 5.74. The summed E-state index contributed by atoms with van der Waals surface area (Å²) in [4.78, 5) is 26.8. The Morgan fingerprint density at radius 3 is 2.25 bits per heavy atom. The predicted octanol–water partition coefficient (Wildman–Crippen LogP) is 2.00. The summed E-state index contributed by atoms with van der Waals surface area (Å²) in [6, 6.07) is 13.4. The van der Waals surface area contributed by atoms with E-state index in [9.17, 15) is 9.59 Å². The van der Waals surface area contributed by atoms with Crippen molar-refractivity contribution in [2.45, 2.75) is 0 Å². The van der Waals surface area contributed by atoms with Gasteiger partial charge in [-0.25, -0.2) is 0 Å². The molecule has 2 rings (SSSR count). The Balaban J connectivity index is 2.20. The first-order valence-electron chi connectivity index (χ1n) is 6.43. The molecular weight excluding hydrogens is 252 g/mol. The third-order valence-electron chi connectivity index (χ3n) is 3.21. The van der Waals surface area contributed by atoms with Gasteiger partial charge in [-0.2, -0.15) is 0 Å². The smallest absolute Gasteiger partial charge is 0.254 e. The van der Waals surface area contributed by atoms with Crippen LogP contribution in [0.25, 0.3) is 10.8 Å². The molecule has 0 saturated carbocycles. The zero-order valence-corrected chi connectivity index (χ0v) is 12.0. The molecule has 0 atom stereocenters. The van der Waals surface area contributed by atoms with Crippen molar-refractivity contribution >= 4 is 22.6 Å². The summed E-state index contributed by atoms with van der Waals surface area (Å²) < 4.78 is 0. The fraction of sp³-hybridized carbons (Fsp3) is 0.250. The third-order valence-corrected chi connectivity index (χ3v) is 3.21. The molecule has 0 saturated heterocycles. The van der Waals surface area contributed by atoms with Crippen LogP contribution in [-0.4, -0.2) is 49.3 Å². The largest absolute Gasteiger partial charge is 0.347 e. The zero-order valence-electron chi connectivity index (χ0n) is 12.0. The molecule has 0 aliphatic carbocycles. The number of fused-ring (bicyclic) bond motifs is 1. The first kappa shape index (κ1) is 14.1. The number of likely N-dealkylation sites (N-methyl/N-ethyl adjacent to an activating group) is 2. The molecule has 0 unspecified atom stereocenters. The molecule has 0 aliphatic heterocycles. The second-order valence-electron chi connectivity index (χ2n) is 5.01. The predicted molar refractivity (Wildman–Crippen MR) is 79.6 cm³/mol. The van der Waals surface area contributed by atoms with E-state index < -0.39 is 0 Å². The first-order valence-corrected chi connectivity index (χ1v) is 6.43. The summed E-state index contributed by atoms with van der Waals surface area (Å²) >= 11 is 0. The van der Waals surface area contributed by atoms with Crippen LogP contribution >= 0.6 is 0 Å². The number of rotatable bonds is 3. The van der Waals surface area contributed by atoms with Crippen LogP contribution in [-0.2, 0) is 4.79 Å². The van der Waals surface area contributed by atoms with Gasteiger partial charge in [-0.15, -0.1) is 0 Å². The van der Waals surface area contributed by atoms with Crippen LogP contribution in [0, 0.1) is 0 Å². The third kappa shape index (κ3) is 2.96. The highest BCUT2D eigenvalue weighted by molar-refractivity contribution is 5.99. The van der Waals surface area contributed by atoms with Crippen molar-refractivity contribution in [1.29, 1.82) is 0 Å². The van der Waals surface area contributed by atoms with Gasteiger partial charge in [0.2, 0.25) is 5.91 Å².